The molecule has 10 heteroatoms. The zero-order chi connectivity index (χ0) is 21.3. The van der Waals surface area contributed by atoms with Crippen molar-refractivity contribution in [3.05, 3.63) is 48.0 Å². The summed E-state index contributed by atoms with van der Waals surface area (Å²) >= 11 is 0. The lowest BCUT2D eigenvalue weighted by molar-refractivity contribution is -0.115. The number of hydrogen-bond donors (Lipinski definition) is 4. The van der Waals surface area contributed by atoms with E-state index >= 15 is 0 Å². The number of carbonyl (C=O) groups excluding carboxylic acids is 1. The number of nitrogen functional groups attached to an aromatic ring is 1. The second-order valence-corrected chi connectivity index (χ2v) is 7.90. The molecule has 0 fully saturated rings. The Morgan fingerprint density at radius 2 is 1.97 bits per heavy atom. The molecule has 30 heavy (non-hydrogen) atoms. The number of amides is 1. The van der Waals surface area contributed by atoms with Gasteiger partial charge in [-0.25, -0.2) is 4.98 Å². The molecule has 3 heterocycles. The molecule has 5 N–H and O–H groups in total. The fourth-order valence-electron chi connectivity index (χ4n) is 2.84. The van der Waals surface area contributed by atoms with Crippen LogP contribution in [0.25, 0.3) is 11.2 Å². The van der Waals surface area contributed by atoms with Crippen LogP contribution in [0.1, 0.15) is 32.1 Å². The van der Waals surface area contributed by atoms with E-state index in [1.807, 2.05) is 45.0 Å². The first kappa shape index (κ1) is 19.4. The third-order valence-electron chi connectivity index (χ3n) is 4.40. The molecule has 0 saturated heterocycles. The van der Waals surface area contributed by atoms with Crippen molar-refractivity contribution in [3.8, 4) is 0 Å². The van der Waals surface area contributed by atoms with Crippen molar-refractivity contribution in [1.82, 2.24) is 25.1 Å². The Hall–Kier alpha value is -3.95. The van der Waals surface area contributed by atoms with E-state index in [4.69, 9.17) is 10.3 Å². The average molecular weight is 406 g/mol. The van der Waals surface area contributed by atoms with Gasteiger partial charge in [0, 0.05) is 17.2 Å². The first-order chi connectivity index (χ1) is 14.3. The Bertz CT molecular complexity index is 1190. The smallest absolute Gasteiger partial charge is 0.230 e. The highest BCUT2D eigenvalue weighted by Gasteiger charge is 2.20. The van der Waals surface area contributed by atoms with Gasteiger partial charge in [-0.15, -0.1) is 0 Å². The summed E-state index contributed by atoms with van der Waals surface area (Å²) in [6, 6.07) is 9.18. The molecule has 0 aliphatic heterocycles. The van der Waals surface area contributed by atoms with E-state index in [-0.39, 0.29) is 23.7 Å². The number of imidazole rings is 1. The zero-order valence-corrected chi connectivity index (χ0v) is 16.9. The molecular weight excluding hydrogens is 384 g/mol. The van der Waals surface area contributed by atoms with Crippen molar-refractivity contribution >= 4 is 40.3 Å². The molecule has 0 aliphatic carbocycles. The van der Waals surface area contributed by atoms with Crippen molar-refractivity contribution in [1.29, 1.82) is 0 Å². The molecule has 3 aromatic heterocycles. The van der Waals surface area contributed by atoms with Crippen LogP contribution in [0.3, 0.4) is 0 Å². The van der Waals surface area contributed by atoms with Crippen LogP contribution >= 0.6 is 0 Å². The number of rotatable bonds is 5. The van der Waals surface area contributed by atoms with Crippen LogP contribution < -0.4 is 16.4 Å². The number of nitrogens with two attached hydrogens (primary N) is 1. The van der Waals surface area contributed by atoms with Gasteiger partial charge >= 0.3 is 0 Å². The molecule has 0 spiro atoms. The second-order valence-electron chi connectivity index (χ2n) is 7.90. The number of aromatic nitrogens is 5. The maximum absolute atomic E-state index is 12.3. The Kier molecular flexibility index (Phi) is 4.82. The topological polar surface area (TPSA) is 148 Å². The number of H-pyrrole nitrogens is 1. The number of aromatic amines is 1. The van der Waals surface area contributed by atoms with E-state index in [1.54, 1.807) is 6.07 Å². The predicted molar refractivity (Wildman–Crippen MR) is 113 cm³/mol. The molecule has 0 saturated carbocycles. The van der Waals surface area contributed by atoms with Crippen LogP contribution in [0.4, 0.5) is 23.3 Å². The number of nitrogens with zero attached hydrogens (tertiary/aromatic N) is 4. The lowest BCUT2D eigenvalue weighted by Crippen LogP contribution is -2.14. The third-order valence-corrected chi connectivity index (χ3v) is 4.40. The van der Waals surface area contributed by atoms with E-state index in [2.05, 4.69) is 35.7 Å². The van der Waals surface area contributed by atoms with Crippen LogP contribution in [-0.4, -0.2) is 31.0 Å². The van der Waals surface area contributed by atoms with Crippen molar-refractivity contribution in [3.63, 3.8) is 0 Å². The number of carbonyl (C=O) groups is 1. The van der Waals surface area contributed by atoms with E-state index in [9.17, 15) is 4.79 Å². The Morgan fingerprint density at radius 1 is 1.20 bits per heavy atom. The molecule has 1 aromatic carbocycles. The summed E-state index contributed by atoms with van der Waals surface area (Å²) in [6.45, 7) is 6.05. The van der Waals surface area contributed by atoms with Crippen LogP contribution in [0.15, 0.2) is 41.2 Å². The van der Waals surface area contributed by atoms with Gasteiger partial charge in [0.25, 0.3) is 0 Å². The predicted octanol–water partition coefficient (Wildman–Crippen LogP) is 3.15. The van der Waals surface area contributed by atoms with Gasteiger partial charge in [-0.2, -0.15) is 9.97 Å². The van der Waals surface area contributed by atoms with Crippen molar-refractivity contribution in [2.75, 3.05) is 16.4 Å². The Labute approximate surface area is 172 Å². The molecular formula is C20H22N8O2. The molecule has 0 atom stereocenters. The monoisotopic (exact) mass is 406 g/mol. The standard InChI is InChI=1S/C20H22N8O2/c1-20(2,3)13-9-14(28-30-13)25-15(29)8-11-4-6-12(7-5-11)24-18-16-17(23-10-22-16)26-19(21)27-18/h4-7,9-10H,8H2,1-3H3,(H,25,28,29)(H4,21,22,23,24,26,27). The van der Waals surface area contributed by atoms with Gasteiger partial charge in [0.1, 0.15) is 11.3 Å². The minimum atomic E-state index is -0.174. The summed E-state index contributed by atoms with van der Waals surface area (Å²) in [5.41, 5.74) is 8.35. The first-order valence-corrected chi connectivity index (χ1v) is 9.37. The molecule has 4 rings (SSSR count). The lowest BCUT2D eigenvalue weighted by Gasteiger charge is -2.12. The van der Waals surface area contributed by atoms with E-state index < -0.39 is 0 Å². The highest BCUT2D eigenvalue weighted by molar-refractivity contribution is 5.91. The number of fused-ring (bicyclic) bond motifs is 1. The van der Waals surface area contributed by atoms with Gasteiger partial charge in [0.15, 0.2) is 17.3 Å². The fraction of sp³-hybridized carbons (Fsp3) is 0.250. The zero-order valence-electron chi connectivity index (χ0n) is 16.9. The molecule has 4 aromatic rings. The van der Waals surface area contributed by atoms with E-state index in [0.717, 1.165) is 11.3 Å². The maximum atomic E-state index is 12.3. The maximum Gasteiger partial charge on any atom is 0.230 e. The quantitative estimate of drug-likeness (QED) is 0.395. The highest BCUT2D eigenvalue weighted by Crippen LogP contribution is 2.25. The number of hydrogen-bond acceptors (Lipinski definition) is 8. The fourth-order valence-corrected chi connectivity index (χ4v) is 2.84. The first-order valence-electron chi connectivity index (χ1n) is 9.37. The number of nitrogens with one attached hydrogen (secondary N) is 3. The molecule has 154 valence electrons. The SMILES string of the molecule is CC(C)(C)c1cc(NC(=O)Cc2ccc(Nc3nc(N)nc4nc[nH]c34)cc2)no1. The lowest BCUT2D eigenvalue weighted by atomic mass is 9.93. The van der Waals surface area contributed by atoms with Gasteiger partial charge < -0.3 is 25.9 Å². The number of benzene rings is 1. The van der Waals surface area contributed by atoms with E-state index in [1.165, 1.54) is 6.33 Å². The summed E-state index contributed by atoms with van der Waals surface area (Å²) in [5, 5.41) is 9.85. The summed E-state index contributed by atoms with van der Waals surface area (Å²) in [4.78, 5) is 27.7. The van der Waals surface area contributed by atoms with Crippen LogP contribution in [0.2, 0.25) is 0 Å². The van der Waals surface area contributed by atoms with Crippen molar-refractivity contribution in [2.24, 2.45) is 0 Å². The normalized spacial score (nSPS) is 11.6. The Balaban J connectivity index is 1.40. The summed E-state index contributed by atoms with van der Waals surface area (Å²) in [7, 11) is 0. The average Bonchev–Trinajstić information content (AvgIpc) is 3.32. The Morgan fingerprint density at radius 3 is 2.67 bits per heavy atom. The molecule has 0 unspecified atom stereocenters. The van der Waals surface area contributed by atoms with E-state index in [0.29, 0.717) is 28.6 Å². The van der Waals surface area contributed by atoms with Gasteiger partial charge in [0.2, 0.25) is 11.9 Å². The second kappa shape index (κ2) is 7.47. The van der Waals surface area contributed by atoms with Crippen LogP contribution in [-0.2, 0) is 16.6 Å². The molecule has 0 radical (unpaired) electrons. The van der Waals surface area contributed by atoms with Crippen molar-refractivity contribution < 1.29 is 9.32 Å². The van der Waals surface area contributed by atoms with Gasteiger partial charge in [0.05, 0.1) is 12.7 Å². The minimum absolute atomic E-state index is 0.132. The molecule has 1 amide bonds. The van der Waals surface area contributed by atoms with Gasteiger partial charge in [-0.05, 0) is 17.7 Å². The molecule has 0 bridgehead atoms. The third kappa shape index (κ3) is 4.22. The van der Waals surface area contributed by atoms with Crippen LogP contribution in [0, 0.1) is 0 Å². The molecule has 10 nitrogen and oxygen atoms in total. The van der Waals surface area contributed by atoms with Crippen molar-refractivity contribution in [2.45, 2.75) is 32.6 Å². The summed E-state index contributed by atoms with van der Waals surface area (Å²) < 4.78 is 5.29. The summed E-state index contributed by atoms with van der Waals surface area (Å²) in [6.07, 6.45) is 1.74. The van der Waals surface area contributed by atoms with Gasteiger partial charge in [-0.3, -0.25) is 4.79 Å². The minimum Gasteiger partial charge on any atom is -0.368 e. The number of anilines is 4. The highest BCUT2D eigenvalue weighted by atomic mass is 16.5. The summed E-state index contributed by atoms with van der Waals surface area (Å²) in [5.74, 6) is 1.61. The van der Waals surface area contributed by atoms with Crippen LogP contribution in [0.5, 0.6) is 0 Å². The molecule has 0 aliphatic rings. The van der Waals surface area contributed by atoms with Gasteiger partial charge in [-0.1, -0.05) is 38.1 Å². The largest absolute Gasteiger partial charge is 0.368 e.